The summed E-state index contributed by atoms with van der Waals surface area (Å²) in [6.45, 7) is 3.16. The quantitative estimate of drug-likeness (QED) is 0.162. The Morgan fingerprint density at radius 1 is 1.23 bits per heavy atom. The van der Waals surface area contributed by atoms with Gasteiger partial charge in [-0.1, -0.05) is 12.0 Å². The van der Waals surface area contributed by atoms with Gasteiger partial charge in [-0.05, 0) is 55.3 Å². The first-order chi connectivity index (χ1) is 14.6. The molecule has 3 rings (SSSR count). The summed E-state index contributed by atoms with van der Waals surface area (Å²) < 4.78 is 13.5. The van der Waals surface area contributed by atoms with Crippen molar-refractivity contribution in [3.8, 4) is 12.3 Å². The maximum Gasteiger partial charge on any atom is 0.246 e. The monoisotopic (exact) mass is 533 g/mol. The van der Waals surface area contributed by atoms with E-state index in [1.165, 1.54) is 12.1 Å². The van der Waals surface area contributed by atoms with Crippen LogP contribution in [0.3, 0.4) is 0 Å². The van der Waals surface area contributed by atoms with Gasteiger partial charge >= 0.3 is 0 Å². The van der Waals surface area contributed by atoms with Crippen LogP contribution in [0.15, 0.2) is 53.7 Å². The number of aromatic nitrogens is 1. The van der Waals surface area contributed by atoms with Crippen molar-refractivity contribution in [3.05, 3.63) is 65.6 Å². The molecule has 0 saturated heterocycles. The number of rotatable bonds is 7. The minimum Gasteiger partial charge on any atom is -0.361 e. The molecular formula is C23H25FIN5O. The Hall–Kier alpha value is -3.06. The molecule has 1 aromatic heterocycles. The molecule has 2 aromatic carbocycles. The van der Waals surface area contributed by atoms with Crippen LogP contribution in [0.2, 0.25) is 0 Å². The van der Waals surface area contributed by atoms with E-state index in [1.807, 2.05) is 13.1 Å². The normalized spacial score (nSPS) is 10.8. The van der Waals surface area contributed by atoms with Gasteiger partial charge in [-0.3, -0.25) is 4.79 Å². The van der Waals surface area contributed by atoms with Crippen LogP contribution in [0, 0.1) is 18.2 Å². The molecule has 0 aliphatic heterocycles. The molecule has 0 aliphatic rings. The second-order valence-electron chi connectivity index (χ2n) is 6.65. The number of halogens is 2. The second-order valence-corrected chi connectivity index (χ2v) is 6.65. The third-order valence-electron chi connectivity index (χ3n) is 4.45. The van der Waals surface area contributed by atoms with Crippen LogP contribution in [0.4, 0.5) is 10.1 Å². The van der Waals surface area contributed by atoms with Crippen molar-refractivity contribution in [1.29, 1.82) is 0 Å². The van der Waals surface area contributed by atoms with Gasteiger partial charge in [0.25, 0.3) is 0 Å². The predicted octanol–water partition coefficient (Wildman–Crippen LogP) is 3.64. The Morgan fingerprint density at radius 3 is 2.84 bits per heavy atom. The van der Waals surface area contributed by atoms with Crippen molar-refractivity contribution in [2.45, 2.75) is 13.3 Å². The number of carbonyl (C=O) groups is 1. The number of terminal acetylenes is 1. The van der Waals surface area contributed by atoms with Crippen molar-refractivity contribution >= 4 is 52.4 Å². The van der Waals surface area contributed by atoms with Crippen molar-refractivity contribution < 1.29 is 9.18 Å². The topological polar surface area (TPSA) is 81.3 Å². The maximum absolute atomic E-state index is 13.5. The molecule has 1 amide bonds. The summed E-state index contributed by atoms with van der Waals surface area (Å²) in [6.07, 6.45) is 7.94. The molecule has 0 bridgehead atoms. The number of nitrogens with zero attached hydrogens (tertiary/aromatic N) is 1. The molecule has 0 fully saturated rings. The molecule has 0 radical (unpaired) electrons. The molecular weight excluding hydrogens is 508 g/mol. The minimum atomic E-state index is -0.259. The van der Waals surface area contributed by atoms with Gasteiger partial charge in [-0.25, -0.2) is 9.38 Å². The molecule has 0 aliphatic carbocycles. The zero-order valence-corrected chi connectivity index (χ0v) is 19.5. The maximum atomic E-state index is 13.5. The Balaban J connectivity index is 0.00000341. The van der Waals surface area contributed by atoms with E-state index in [2.05, 4.69) is 31.8 Å². The van der Waals surface area contributed by atoms with Crippen molar-refractivity contribution in [3.63, 3.8) is 0 Å². The lowest BCUT2D eigenvalue weighted by Gasteiger charge is -2.11. The SMILES string of the molecule is C#Cc1cccc(NC(=O)CN=C(NCC)NCCc2c[nH]c3ccc(F)cc23)c1.I. The fraction of sp³-hybridized carbons (Fsp3) is 0.217. The van der Waals surface area contributed by atoms with Gasteiger partial charge in [-0.2, -0.15) is 0 Å². The predicted molar refractivity (Wildman–Crippen MR) is 134 cm³/mol. The minimum absolute atomic E-state index is 0. The summed E-state index contributed by atoms with van der Waals surface area (Å²) in [6, 6.07) is 11.8. The number of fused-ring (bicyclic) bond motifs is 1. The molecule has 3 aromatic rings. The summed E-state index contributed by atoms with van der Waals surface area (Å²) in [7, 11) is 0. The Morgan fingerprint density at radius 2 is 2.06 bits per heavy atom. The van der Waals surface area contributed by atoms with Gasteiger partial charge < -0.3 is 20.9 Å². The number of carbonyl (C=O) groups excluding carboxylic acids is 1. The van der Waals surface area contributed by atoms with E-state index in [0.29, 0.717) is 36.7 Å². The fourth-order valence-corrected chi connectivity index (χ4v) is 3.05. The van der Waals surface area contributed by atoms with Crippen LogP contribution in [-0.4, -0.2) is 36.5 Å². The zero-order valence-electron chi connectivity index (χ0n) is 17.2. The van der Waals surface area contributed by atoms with Crippen LogP contribution in [-0.2, 0) is 11.2 Å². The van der Waals surface area contributed by atoms with E-state index in [0.717, 1.165) is 16.5 Å². The molecule has 162 valence electrons. The first kappa shape index (κ1) is 24.2. The molecule has 0 saturated carbocycles. The van der Waals surface area contributed by atoms with Crippen molar-refractivity contribution in [2.24, 2.45) is 4.99 Å². The highest BCUT2D eigenvalue weighted by molar-refractivity contribution is 14.0. The lowest BCUT2D eigenvalue weighted by atomic mass is 10.1. The molecule has 1 heterocycles. The van der Waals surface area contributed by atoms with E-state index in [9.17, 15) is 9.18 Å². The van der Waals surface area contributed by atoms with E-state index in [1.54, 1.807) is 30.3 Å². The number of anilines is 1. The lowest BCUT2D eigenvalue weighted by molar-refractivity contribution is -0.114. The van der Waals surface area contributed by atoms with Crippen LogP contribution < -0.4 is 16.0 Å². The zero-order chi connectivity index (χ0) is 21.3. The summed E-state index contributed by atoms with van der Waals surface area (Å²) in [5.41, 5.74) is 3.25. The lowest BCUT2D eigenvalue weighted by Crippen LogP contribution is -2.39. The number of aromatic amines is 1. The first-order valence-electron chi connectivity index (χ1n) is 9.73. The molecule has 6 nitrogen and oxygen atoms in total. The first-order valence-corrected chi connectivity index (χ1v) is 9.73. The van der Waals surface area contributed by atoms with Crippen LogP contribution in [0.25, 0.3) is 10.9 Å². The third kappa shape index (κ3) is 7.00. The summed E-state index contributed by atoms with van der Waals surface area (Å²) in [4.78, 5) is 19.7. The van der Waals surface area contributed by atoms with Gasteiger partial charge in [0.15, 0.2) is 5.96 Å². The Bertz CT molecular complexity index is 1100. The average Bonchev–Trinajstić information content (AvgIpc) is 3.14. The van der Waals surface area contributed by atoms with Gasteiger partial charge in [0.2, 0.25) is 5.91 Å². The van der Waals surface area contributed by atoms with Gasteiger partial charge in [0.1, 0.15) is 12.4 Å². The van der Waals surface area contributed by atoms with Crippen molar-refractivity contribution in [1.82, 2.24) is 15.6 Å². The number of benzene rings is 2. The summed E-state index contributed by atoms with van der Waals surface area (Å²) in [5.74, 6) is 2.57. The number of aliphatic imine (C=N–C) groups is 1. The molecule has 0 spiro atoms. The smallest absolute Gasteiger partial charge is 0.246 e. The highest BCUT2D eigenvalue weighted by Gasteiger charge is 2.07. The number of amides is 1. The van der Waals surface area contributed by atoms with E-state index in [-0.39, 0.29) is 42.2 Å². The van der Waals surface area contributed by atoms with Gasteiger partial charge in [0.05, 0.1) is 0 Å². The van der Waals surface area contributed by atoms with Gasteiger partial charge in [0, 0.05) is 41.4 Å². The Labute approximate surface area is 198 Å². The van der Waals surface area contributed by atoms with Crippen LogP contribution in [0.5, 0.6) is 0 Å². The van der Waals surface area contributed by atoms with E-state index in [4.69, 9.17) is 6.42 Å². The van der Waals surface area contributed by atoms with E-state index >= 15 is 0 Å². The second kappa shape index (κ2) is 12.0. The van der Waals surface area contributed by atoms with Crippen molar-refractivity contribution in [2.75, 3.05) is 25.0 Å². The molecule has 31 heavy (non-hydrogen) atoms. The van der Waals surface area contributed by atoms with Crippen LogP contribution in [0.1, 0.15) is 18.1 Å². The Kier molecular flexibility index (Phi) is 9.34. The number of guanidine groups is 1. The molecule has 8 heteroatoms. The molecule has 0 atom stereocenters. The molecule has 4 N–H and O–H groups in total. The largest absolute Gasteiger partial charge is 0.361 e. The van der Waals surface area contributed by atoms with E-state index < -0.39 is 0 Å². The number of hydrogen-bond donors (Lipinski definition) is 4. The third-order valence-corrected chi connectivity index (χ3v) is 4.45. The molecule has 0 unspecified atom stereocenters. The highest BCUT2D eigenvalue weighted by atomic mass is 127. The number of hydrogen-bond acceptors (Lipinski definition) is 2. The fourth-order valence-electron chi connectivity index (χ4n) is 3.05. The standard InChI is InChI=1S/C23H24FN5O.HI/c1-3-16-6-5-7-19(12-16)29-22(30)15-28-23(25-4-2)26-11-10-17-14-27-21-9-8-18(24)13-20(17)21;/h1,5-9,12-14,27H,4,10-11,15H2,2H3,(H,29,30)(H2,25,26,28);1H. The summed E-state index contributed by atoms with van der Waals surface area (Å²) >= 11 is 0. The highest BCUT2D eigenvalue weighted by Crippen LogP contribution is 2.19. The summed E-state index contributed by atoms with van der Waals surface area (Å²) in [5, 5.41) is 9.96. The number of nitrogens with one attached hydrogen (secondary N) is 4. The van der Waals surface area contributed by atoms with Gasteiger partial charge in [-0.15, -0.1) is 30.4 Å². The van der Waals surface area contributed by atoms with Crippen LogP contribution >= 0.6 is 24.0 Å². The average molecular weight is 533 g/mol. The number of H-pyrrole nitrogens is 1.